The molecule has 0 aliphatic rings. The second kappa shape index (κ2) is 8.41. The Morgan fingerprint density at radius 2 is 1.22 bits per heavy atom. The number of hydrogen-bond donors (Lipinski definition) is 0. The molecule has 0 unspecified atom stereocenters. The first-order valence-corrected chi connectivity index (χ1v) is 12.5. The Morgan fingerprint density at radius 1 is 0.472 bits per heavy atom. The van der Waals surface area contributed by atoms with E-state index in [2.05, 4.69) is 126 Å². The molecular formula is C34H22ClN. The Bertz CT molecular complexity index is 1880. The summed E-state index contributed by atoms with van der Waals surface area (Å²) in [5.41, 5.74) is 8.37. The molecule has 0 radical (unpaired) electrons. The molecule has 0 N–H and O–H groups in total. The highest BCUT2D eigenvalue weighted by molar-refractivity contribution is 6.30. The summed E-state index contributed by atoms with van der Waals surface area (Å²) in [6.45, 7) is 0. The smallest absolute Gasteiger partial charge is 0.0547 e. The van der Waals surface area contributed by atoms with E-state index in [0.29, 0.717) is 0 Å². The first kappa shape index (κ1) is 21.0. The van der Waals surface area contributed by atoms with Crippen LogP contribution in [0.2, 0.25) is 5.02 Å². The van der Waals surface area contributed by atoms with E-state index in [1.807, 2.05) is 12.1 Å². The predicted octanol–water partition coefficient (Wildman–Crippen LogP) is 9.92. The van der Waals surface area contributed by atoms with Crippen molar-refractivity contribution in [3.63, 3.8) is 0 Å². The predicted molar refractivity (Wildman–Crippen MR) is 154 cm³/mol. The Hall–Kier alpha value is -4.33. The SMILES string of the molecule is Clc1ccc(-c2cccc(-n3c4ccccc4c4c5c(-c6ccccc6)cccc5ccc43)c2)cc1. The van der Waals surface area contributed by atoms with Gasteiger partial charge in [-0.05, 0) is 69.4 Å². The zero-order valence-corrected chi connectivity index (χ0v) is 20.3. The summed E-state index contributed by atoms with van der Waals surface area (Å²) in [5.74, 6) is 0. The van der Waals surface area contributed by atoms with Gasteiger partial charge in [0.15, 0.2) is 0 Å². The van der Waals surface area contributed by atoms with Gasteiger partial charge in [-0.2, -0.15) is 0 Å². The molecule has 0 aliphatic carbocycles. The van der Waals surface area contributed by atoms with Crippen LogP contribution in [0.25, 0.3) is 60.5 Å². The van der Waals surface area contributed by atoms with Crippen LogP contribution in [0.15, 0.2) is 133 Å². The molecule has 170 valence electrons. The molecule has 6 aromatic carbocycles. The number of fused-ring (bicyclic) bond motifs is 5. The van der Waals surface area contributed by atoms with E-state index in [9.17, 15) is 0 Å². The Kier molecular flexibility index (Phi) is 4.90. The maximum absolute atomic E-state index is 6.14. The zero-order valence-electron chi connectivity index (χ0n) is 19.5. The largest absolute Gasteiger partial charge is 0.309 e. The number of para-hydroxylation sites is 1. The number of hydrogen-bond acceptors (Lipinski definition) is 0. The van der Waals surface area contributed by atoms with Crippen LogP contribution < -0.4 is 0 Å². The number of aromatic nitrogens is 1. The molecule has 0 atom stereocenters. The fourth-order valence-electron chi connectivity index (χ4n) is 5.44. The molecule has 2 heteroatoms. The van der Waals surface area contributed by atoms with Crippen molar-refractivity contribution in [3.05, 3.63) is 138 Å². The third-order valence-corrected chi connectivity index (χ3v) is 7.30. The molecule has 0 bridgehead atoms. The monoisotopic (exact) mass is 479 g/mol. The molecule has 7 aromatic rings. The Morgan fingerprint density at radius 3 is 2.08 bits per heavy atom. The fourth-order valence-corrected chi connectivity index (χ4v) is 5.57. The lowest BCUT2D eigenvalue weighted by atomic mass is 9.94. The average Bonchev–Trinajstić information content (AvgIpc) is 3.28. The minimum Gasteiger partial charge on any atom is -0.309 e. The highest BCUT2D eigenvalue weighted by Gasteiger charge is 2.17. The van der Waals surface area contributed by atoms with E-state index in [0.717, 1.165) is 16.3 Å². The Balaban J connectivity index is 1.56. The van der Waals surface area contributed by atoms with Crippen molar-refractivity contribution in [2.45, 2.75) is 0 Å². The van der Waals surface area contributed by atoms with Crippen LogP contribution in [0, 0.1) is 0 Å². The Labute approximate surface area is 214 Å². The average molecular weight is 480 g/mol. The molecule has 0 fully saturated rings. The summed E-state index contributed by atoms with van der Waals surface area (Å²) < 4.78 is 2.39. The molecular weight excluding hydrogens is 458 g/mol. The van der Waals surface area contributed by atoms with Crippen molar-refractivity contribution in [2.75, 3.05) is 0 Å². The molecule has 1 aromatic heterocycles. The highest BCUT2D eigenvalue weighted by atomic mass is 35.5. The quantitative estimate of drug-likeness (QED) is 0.237. The van der Waals surface area contributed by atoms with Crippen LogP contribution in [0.4, 0.5) is 0 Å². The molecule has 0 amide bonds. The molecule has 36 heavy (non-hydrogen) atoms. The van der Waals surface area contributed by atoms with Crippen LogP contribution in [-0.2, 0) is 0 Å². The normalized spacial score (nSPS) is 11.5. The third kappa shape index (κ3) is 3.32. The van der Waals surface area contributed by atoms with Gasteiger partial charge in [0, 0.05) is 21.5 Å². The van der Waals surface area contributed by atoms with Crippen molar-refractivity contribution >= 4 is 44.2 Å². The van der Waals surface area contributed by atoms with Gasteiger partial charge in [0.05, 0.1) is 11.0 Å². The first-order chi connectivity index (χ1) is 17.8. The second-order valence-corrected chi connectivity index (χ2v) is 9.58. The maximum Gasteiger partial charge on any atom is 0.0547 e. The van der Waals surface area contributed by atoms with E-state index < -0.39 is 0 Å². The number of benzene rings is 6. The van der Waals surface area contributed by atoms with Gasteiger partial charge in [0.2, 0.25) is 0 Å². The third-order valence-electron chi connectivity index (χ3n) is 7.05. The van der Waals surface area contributed by atoms with Crippen LogP contribution >= 0.6 is 11.6 Å². The minimum atomic E-state index is 0.749. The van der Waals surface area contributed by atoms with Gasteiger partial charge in [-0.1, -0.05) is 109 Å². The summed E-state index contributed by atoms with van der Waals surface area (Å²) in [6, 6.07) is 47.4. The molecule has 0 saturated heterocycles. The van der Waals surface area contributed by atoms with E-state index in [1.165, 1.54) is 49.3 Å². The number of rotatable bonds is 3. The van der Waals surface area contributed by atoms with E-state index in [1.54, 1.807) is 0 Å². The standard InChI is InChI=1S/C34H22ClN/c35-27-19-16-23(17-20-27)26-11-6-12-28(22-26)36-31-15-5-4-13-30(31)34-32(36)21-18-25-10-7-14-29(33(25)34)24-8-2-1-3-9-24/h1-22H. The molecule has 0 aliphatic heterocycles. The van der Waals surface area contributed by atoms with Gasteiger partial charge in [-0.3, -0.25) is 0 Å². The summed E-state index contributed by atoms with van der Waals surface area (Å²) in [4.78, 5) is 0. The molecule has 1 nitrogen and oxygen atoms in total. The number of nitrogens with zero attached hydrogens (tertiary/aromatic N) is 1. The first-order valence-electron chi connectivity index (χ1n) is 12.1. The lowest BCUT2D eigenvalue weighted by Crippen LogP contribution is -1.94. The minimum absolute atomic E-state index is 0.749. The van der Waals surface area contributed by atoms with E-state index in [-0.39, 0.29) is 0 Å². The van der Waals surface area contributed by atoms with Crippen molar-refractivity contribution < 1.29 is 0 Å². The lowest BCUT2D eigenvalue weighted by Gasteiger charge is -2.12. The van der Waals surface area contributed by atoms with Gasteiger partial charge in [0.25, 0.3) is 0 Å². The number of halogens is 1. The van der Waals surface area contributed by atoms with Gasteiger partial charge in [-0.25, -0.2) is 0 Å². The van der Waals surface area contributed by atoms with Crippen molar-refractivity contribution in [3.8, 4) is 27.9 Å². The summed E-state index contributed by atoms with van der Waals surface area (Å²) in [5, 5.41) is 5.85. The maximum atomic E-state index is 6.14. The van der Waals surface area contributed by atoms with Gasteiger partial charge in [0.1, 0.15) is 0 Å². The van der Waals surface area contributed by atoms with Gasteiger partial charge < -0.3 is 4.57 Å². The molecule has 1 heterocycles. The molecule has 0 spiro atoms. The van der Waals surface area contributed by atoms with E-state index in [4.69, 9.17) is 11.6 Å². The highest BCUT2D eigenvalue weighted by Crippen LogP contribution is 2.41. The summed E-state index contributed by atoms with van der Waals surface area (Å²) >= 11 is 6.14. The second-order valence-electron chi connectivity index (χ2n) is 9.14. The van der Waals surface area contributed by atoms with Crippen LogP contribution in [0.3, 0.4) is 0 Å². The van der Waals surface area contributed by atoms with Crippen molar-refractivity contribution in [1.82, 2.24) is 4.57 Å². The topological polar surface area (TPSA) is 4.93 Å². The van der Waals surface area contributed by atoms with Gasteiger partial charge in [-0.15, -0.1) is 0 Å². The van der Waals surface area contributed by atoms with Crippen molar-refractivity contribution in [2.24, 2.45) is 0 Å². The fraction of sp³-hybridized carbons (Fsp3) is 0. The van der Waals surface area contributed by atoms with E-state index >= 15 is 0 Å². The molecule has 7 rings (SSSR count). The van der Waals surface area contributed by atoms with Crippen LogP contribution in [0.5, 0.6) is 0 Å². The zero-order chi connectivity index (χ0) is 24.1. The van der Waals surface area contributed by atoms with Crippen LogP contribution in [-0.4, -0.2) is 4.57 Å². The molecule has 0 saturated carbocycles. The lowest BCUT2D eigenvalue weighted by molar-refractivity contribution is 1.18. The van der Waals surface area contributed by atoms with Crippen molar-refractivity contribution in [1.29, 1.82) is 0 Å². The van der Waals surface area contributed by atoms with Gasteiger partial charge >= 0.3 is 0 Å². The summed E-state index contributed by atoms with van der Waals surface area (Å²) in [6.07, 6.45) is 0. The summed E-state index contributed by atoms with van der Waals surface area (Å²) in [7, 11) is 0. The van der Waals surface area contributed by atoms with Crippen LogP contribution in [0.1, 0.15) is 0 Å².